The third kappa shape index (κ3) is 8.12. The molecule has 1 fully saturated rings. The summed E-state index contributed by atoms with van der Waals surface area (Å²) in [5, 5.41) is 3.01. The third-order valence-corrected chi connectivity index (χ3v) is 3.92. The van der Waals surface area contributed by atoms with Crippen LogP contribution in [0.2, 0.25) is 0 Å². The molecule has 0 saturated carbocycles. The van der Waals surface area contributed by atoms with Crippen LogP contribution in [0.4, 0.5) is 18.0 Å². The lowest BCUT2D eigenvalue weighted by Gasteiger charge is -2.36. The van der Waals surface area contributed by atoms with E-state index in [2.05, 4.69) is 5.32 Å². The monoisotopic (exact) mass is 342 g/mol. The Morgan fingerprint density at radius 3 is 2.59 bits per heavy atom. The van der Waals surface area contributed by atoms with Crippen molar-refractivity contribution >= 4 is 17.9 Å². The van der Waals surface area contributed by atoms with Crippen LogP contribution in [-0.2, 0) is 4.74 Å². The minimum atomic E-state index is -4.19. The zero-order valence-corrected chi connectivity index (χ0v) is 14.1. The summed E-state index contributed by atoms with van der Waals surface area (Å²) in [6.07, 6.45) is 2.45. The second-order valence-corrected chi connectivity index (χ2v) is 7.48. The number of thioether (sulfide) groups is 1. The molecule has 1 N–H and O–H groups in total. The molecule has 8 heteroatoms. The highest BCUT2D eigenvalue weighted by Gasteiger charge is 2.30. The van der Waals surface area contributed by atoms with Crippen LogP contribution in [0.3, 0.4) is 0 Å². The number of carbonyl (C=O) groups is 1. The number of halogens is 3. The van der Waals surface area contributed by atoms with Crippen molar-refractivity contribution in [2.45, 2.75) is 57.2 Å². The first-order valence-corrected chi connectivity index (χ1v) is 8.48. The Kier molecular flexibility index (Phi) is 7.31. The van der Waals surface area contributed by atoms with E-state index in [-0.39, 0.29) is 36.2 Å². The Morgan fingerprint density at radius 1 is 1.32 bits per heavy atom. The molecule has 0 aliphatic carbocycles. The van der Waals surface area contributed by atoms with Crippen molar-refractivity contribution in [3.05, 3.63) is 0 Å². The largest absolute Gasteiger partial charge is 0.444 e. The molecular weight excluding hydrogens is 317 g/mol. The number of amides is 1. The van der Waals surface area contributed by atoms with Crippen molar-refractivity contribution in [1.29, 1.82) is 0 Å². The number of alkyl halides is 3. The molecule has 1 amide bonds. The number of piperidine rings is 1. The fraction of sp³-hybridized carbons (Fsp3) is 0.929. The molecule has 1 atom stereocenters. The van der Waals surface area contributed by atoms with Crippen molar-refractivity contribution in [3.8, 4) is 0 Å². The Balaban J connectivity index is 2.37. The maximum atomic E-state index is 12.2. The van der Waals surface area contributed by atoms with Crippen LogP contribution >= 0.6 is 11.8 Å². The van der Waals surface area contributed by atoms with Crippen LogP contribution in [0.5, 0.6) is 0 Å². The van der Waals surface area contributed by atoms with Crippen LogP contribution in [0.15, 0.2) is 0 Å². The minimum absolute atomic E-state index is 0.0144. The molecule has 1 heterocycles. The molecular formula is C14H25F3N2O2S. The van der Waals surface area contributed by atoms with Crippen molar-refractivity contribution in [2.24, 2.45) is 0 Å². The van der Waals surface area contributed by atoms with Gasteiger partial charge in [0.15, 0.2) is 0 Å². The summed E-state index contributed by atoms with van der Waals surface area (Å²) < 4.78 is 41.5. The summed E-state index contributed by atoms with van der Waals surface area (Å²) in [7, 11) is 0. The first-order chi connectivity index (χ1) is 10.1. The average Bonchev–Trinajstić information content (AvgIpc) is 2.35. The standard InChI is InChI=1S/C14H25F3N2O2S/c1-13(2,3)21-12(20)19-8-5-4-6-11(19)10-18-7-9-22-14(15,16)17/h11,18H,4-10H2,1-3H3. The van der Waals surface area contributed by atoms with Crippen LogP contribution in [-0.4, -0.2) is 53.5 Å². The van der Waals surface area contributed by atoms with Crippen molar-refractivity contribution in [1.82, 2.24) is 10.2 Å². The number of nitrogens with zero attached hydrogens (tertiary/aromatic N) is 1. The maximum Gasteiger partial charge on any atom is 0.441 e. The third-order valence-electron chi connectivity index (χ3n) is 3.18. The number of nitrogens with one attached hydrogen (secondary N) is 1. The van der Waals surface area contributed by atoms with Crippen LogP contribution < -0.4 is 5.32 Å². The predicted octanol–water partition coefficient (Wildman–Crippen LogP) is 3.62. The van der Waals surface area contributed by atoms with E-state index in [0.717, 1.165) is 19.3 Å². The Bertz CT molecular complexity index is 359. The Labute approximate surface area is 134 Å². The van der Waals surface area contributed by atoms with Crippen molar-refractivity contribution < 1.29 is 22.7 Å². The van der Waals surface area contributed by atoms with E-state index in [4.69, 9.17) is 4.74 Å². The zero-order chi connectivity index (χ0) is 16.8. The Hall–Kier alpha value is -0.630. The minimum Gasteiger partial charge on any atom is -0.444 e. The molecule has 0 radical (unpaired) electrons. The van der Waals surface area contributed by atoms with E-state index in [1.807, 2.05) is 20.8 Å². The van der Waals surface area contributed by atoms with Gasteiger partial charge in [0.1, 0.15) is 5.60 Å². The van der Waals surface area contributed by atoms with Crippen molar-refractivity contribution in [2.75, 3.05) is 25.4 Å². The number of likely N-dealkylation sites (tertiary alicyclic amines) is 1. The smallest absolute Gasteiger partial charge is 0.441 e. The predicted molar refractivity (Wildman–Crippen MR) is 82.0 cm³/mol. The molecule has 4 nitrogen and oxygen atoms in total. The van der Waals surface area contributed by atoms with Gasteiger partial charge >= 0.3 is 11.6 Å². The fourth-order valence-corrected chi connectivity index (χ4v) is 2.76. The molecule has 0 spiro atoms. The van der Waals surface area contributed by atoms with E-state index in [1.54, 1.807) is 4.90 Å². The zero-order valence-electron chi connectivity index (χ0n) is 13.3. The molecule has 0 bridgehead atoms. The first kappa shape index (κ1) is 19.4. The Morgan fingerprint density at radius 2 is 2.00 bits per heavy atom. The number of ether oxygens (including phenoxy) is 1. The van der Waals surface area contributed by atoms with Gasteiger partial charge in [0.2, 0.25) is 0 Å². The highest BCUT2D eigenvalue weighted by atomic mass is 32.2. The molecule has 0 aromatic heterocycles. The van der Waals surface area contributed by atoms with E-state index >= 15 is 0 Å². The summed E-state index contributed by atoms with van der Waals surface area (Å²) in [6.45, 7) is 6.85. The maximum absolute atomic E-state index is 12.2. The van der Waals surface area contributed by atoms with Gasteiger partial charge in [0.25, 0.3) is 0 Å². The van der Waals surface area contributed by atoms with Gasteiger partial charge in [0, 0.05) is 31.4 Å². The molecule has 1 rings (SSSR count). The molecule has 130 valence electrons. The molecule has 1 unspecified atom stereocenters. The molecule has 0 aromatic carbocycles. The number of hydrogen-bond donors (Lipinski definition) is 1. The van der Waals surface area contributed by atoms with Gasteiger partial charge in [-0.1, -0.05) is 0 Å². The van der Waals surface area contributed by atoms with E-state index in [0.29, 0.717) is 13.1 Å². The van der Waals surface area contributed by atoms with E-state index in [1.165, 1.54) is 0 Å². The highest BCUT2D eigenvalue weighted by molar-refractivity contribution is 8.00. The summed E-state index contributed by atoms with van der Waals surface area (Å²) in [4.78, 5) is 13.9. The first-order valence-electron chi connectivity index (χ1n) is 7.49. The second kappa shape index (κ2) is 8.29. The lowest BCUT2D eigenvalue weighted by atomic mass is 10.0. The molecule has 22 heavy (non-hydrogen) atoms. The number of carbonyl (C=O) groups excluding carboxylic acids is 1. The molecule has 1 aliphatic rings. The molecule has 1 saturated heterocycles. The lowest BCUT2D eigenvalue weighted by molar-refractivity contribution is -0.0327. The van der Waals surface area contributed by atoms with Crippen LogP contribution in [0, 0.1) is 0 Å². The van der Waals surface area contributed by atoms with Gasteiger partial charge in [0.05, 0.1) is 0 Å². The summed E-state index contributed by atoms with van der Waals surface area (Å²) >= 11 is -0.0326. The summed E-state index contributed by atoms with van der Waals surface area (Å²) in [6, 6.07) is -0.0144. The normalized spacial score (nSPS) is 20.1. The van der Waals surface area contributed by atoms with Crippen molar-refractivity contribution in [3.63, 3.8) is 0 Å². The van der Waals surface area contributed by atoms with Crippen LogP contribution in [0.1, 0.15) is 40.0 Å². The number of rotatable bonds is 5. The average molecular weight is 342 g/mol. The van der Waals surface area contributed by atoms with Gasteiger partial charge < -0.3 is 15.0 Å². The van der Waals surface area contributed by atoms with E-state index < -0.39 is 11.1 Å². The molecule has 1 aliphatic heterocycles. The summed E-state index contributed by atoms with van der Waals surface area (Å²) in [5.74, 6) is -0.0251. The van der Waals surface area contributed by atoms with Gasteiger partial charge in [-0.3, -0.25) is 0 Å². The van der Waals surface area contributed by atoms with Gasteiger partial charge in [-0.25, -0.2) is 4.79 Å². The van der Waals surface area contributed by atoms with Gasteiger partial charge in [-0.2, -0.15) is 13.2 Å². The fourth-order valence-electron chi connectivity index (χ4n) is 2.28. The second-order valence-electron chi connectivity index (χ2n) is 6.32. The van der Waals surface area contributed by atoms with Crippen LogP contribution in [0.25, 0.3) is 0 Å². The lowest BCUT2D eigenvalue weighted by Crippen LogP contribution is -2.50. The SMILES string of the molecule is CC(C)(C)OC(=O)N1CCCCC1CNCCSC(F)(F)F. The highest BCUT2D eigenvalue weighted by Crippen LogP contribution is 2.29. The van der Waals surface area contributed by atoms with Gasteiger partial charge in [-0.15, -0.1) is 0 Å². The summed E-state index contributed by atoms with van der Waals surface area (Å²) in [5.41, 5.74) is -4.73. The quantitative estimate of drug-likeness (QED) is 0.775. The van der Waals surface area contributed by atoms with E-state index in [9.17, 15) is 18.0 Å². The molecule has 0 aromatic rings. The number of hydrogen-bond acceptors (Lipinski definition) is 4. The van der Waals surface area contributed by atoms with Gasteiger partial charge in [-0.05, 0) is 51.8 Å². The topological polar surface area (TPSA) is 41.6 Å².